The number of rotatable bonds is 7. The molecule has 5 rings (SSSR count). The number of amides is 1. The van der Waals surface area contributed by atoms with Crippen LogP contribution in [0.25, 0.3) is 17.0 Å². The quantitative estimate of drug-likeness (QED) is 0.258. The van der Waals surface area contributed by atoms with E-state index in [2.05, 4.69) is 5.32 Å². The van der Waals surface area contributed by atoms with E-state index >= 15 is 0 Å². The number of carbonyl (C=O) groups excluding carboxylic acids is 2. The first-order valence-electron chi connectivity index (χ1n) is 12.3. The molecule has 3 atom stereocenters. The minimum absolute atomic E-state index is 0.0121. The Labute approximate surface area is 235 Å². The largest absolute Gasteiger partial charge is 0.461 e. The van der Waals surface area contributed by atoms with Gasteiger partial charge in [-0.05, 0) is 68.4 Å². The normalized spacial score (nSPS) is 21.2. The van der Waals surface area contributed by atoms with E-state index in [9.17, 15) is 18.0 Å². The number of fused-ring (bicyclic) bond motifs is 3. The number of nitrogens with one attached hydrogen (secondary N) is 1. The van der Waals surface area contributed by atoms with Crippen molar-refractivity contribution in [3.8, 4) is 0 Å². The molecule has 38 heavy (non-hydrogen) atoms. The van der Waals surface area contributed by atoms with Gasteiger partial charge in [-0.15, -0.1) is 0 Å². The van der Waals surface area contributed by atoms with Crippen LogP contribution in [0.15, 0.2) is 52.4 Å². The van der Waals surface area contributed by atoms with Crippen LogP contribution in [0, 0.1) is 11.8 Å². The molecule has 3 aromatic rings. The van der Waals surface area contributed by atoms with Crippen molar-refractivity contribution < 1.29 is 22.7 Å². The maximum atomic E-state index is 13.9. The van der Waals surface area contributed by atoms with Crippen molar-refractivity contribution in [2.75, 3.05) is 6.61 Å². The van der Waals surface area contributed by atoms with Gasteiger partial charge in [-0.25, -0.2) is 17.2 Å². The lowest BCUT2D eigenvalue weighted by Crippen LogP contribution is -2.38. The van der Waals surface area contributed by atoms with E-state index in [0.29, 0.717) is 11.8 Å². The summed E-state index contributed by atoms with van der Waals surface area (Å²) >= 11 is 19.3. The number of nitrogens with zero attached hydrogens (tertiary/aromatic N) is 1. The van der Waals surface area contributed by atoms with Crippen LogP contribution in [0.4, 0.5) is 0 Å². The molecule has 0 unspecified atom stereocenters. The molecule has 2 bridgehead atoms. The summed E-state index contributed by atoms with van der Waals surface area (Å²) in [5.74, 6) is -0.373. The molecular weight excluding hydrogens is 571 g/mol. The van der Waals surface area contributed by atoms with Crippen LogP contribution in [-0.4, -0.2) is 36.9 Å². The summed E-state index contributed by atoms with van der Waals surface area (Å²) in [6.45, 7) is 1.59. The lowest BCUT2D eigenvalue weighted by molar-refractivity contribution is -0.117. The zero-order valence-electron chi connectivity index (χ0n) is 20.4. The highest BCUT2D eigenvalue weighted by Gasteiger charge is 2.40. The van der Waals surface area contributed by atoms with Crippen LogP contribution < -0.4 is 5.32 Å². The van der Waals surface area contributed by atoms with Crippen molar-refractivity contribution in [2.24, 2.45) is 11.8 Å². The summed E-state index contributed by atoms with van der Waals surface area (Å²) in [7, 11) is -4.33. The number of hydrogen-bond acceptors (Lipinski definition) is 5. The van der Waals surface area contributed by atoms with Gasteiger partial charge in [0.2, 0.25) is 0 Å². The number of esters is 1. The molecule has 2 aliphatic carbocycles. The Balaban J connectivity index is 1.70. The molecule has 11 heteroatoms. The molecule has 7 nitrogen and oxygen atoms in total. The highest BCUT2D eigenvalue weighted by molar-refractivity contribution is 7.90. The summed E-state index contributed by atoms with van der Waals surface area (Å²) in [4.78, 5) is 26.3. The standard InChI is InChI=1S/C27H25Cl3N2O5S/c1-2-37-27(34)25-19(14-21(30)26(33)31-22-11-15-8-9-16(22)10-15)24-20(29)12-17(28)13-23(24)32(25)38(35,36)18-6-4-3-5-7-18/h3-7,12-16,22H,2,8-11H2,1H3,(H,31,33)/b21-14+/t15-,16+,22-/m0/s1. The molecule has 1 N–H and O–H groups in total. The van der Waals surface area contributed by atoms with Crippen LogP contribution in [0.3, 0.4) is 0 Å². The van der Waals surface area contributed by atoms with Gasteiger partial charge in [-0.3, -0.25) is 4.79 Å². The SMILES string of the molecule is CCOC(=O)c1c(/C=C(/Cl)C(=O)N[C@H]2C[C@H]3CC[C@@H]2C3)c2c(Cl)cc(Cl)cc2n1S(=O)(=O)c1ccccc1. The fourth-order valence-electron chi connectivity index (χ4n) is 5.67. The Kier molecular flexibility index (Phi) is 7.52. The van der Waals surface area contributed by atoms with Crippen LogP contribution in [-0.2, 0) is 19.6 Å². The molecule has 0 radical (unpaired) electrons. The second-order valence-electron chi connectivity index (χ2n) is 9.59. The molecule has 0 saturated heterocycles. The van der Waals surface area contributed by atoms with E-state index in [1.54, 1.807) is 25.1 Å². The molecule has 1 amide bonds. The average molecular weight is 596 g/mol. The number of benzene rings is 2. The van der Waals surface area contributed by atoms with E-state index in [1.807, 2.05) is 0 Å². The zero-order chi connectivity index (χ0) is 27.2. The third-order valence-corrected chi connectivity index (χ3v) is 9.80. The van der Waals surface area contributed by atoms with Gasteiger partial charge in [0, 0.05) is 22.0 Å². The van der Waals surface area contributed by atoms with Gasteiger partial charge in [0.05, 0.1) is 22.0 Å². The maximum Gasteiger partial charge on any atom is 0.356 e. The van der Waals surface area contributed by atoms with Gasteiger partial charge in [0.25, 0.3) is 15.9 Å². The second-order valence-corrected chi connectivity index (χ2v) is 12.6. The van der Waals surface area contributed by atoms with Crippen molar-refractivity contribution in [3.63, 3.8) is 0 Å². The summed E-state index contributed by atoms with van der Waals surface area (Å²) in [6.07, 6.45) is 5.54. The third kappa shape index (κ3) is 4.83. The Morgan fingerprint density at radius 2 is 1.87 bits per heavy atom. The first-order chi connectivity index (χ1) is 18.1. The second kappa shape index (κ2) is 10.6. The van der Waals surface area contributed by atoms with Gasteiger partial charge in [-0.1, -0.05) is 59.4 Å². The lowest BCUT2D eigenvalue weighted by atomic mass is 9.95. The fourth-order valence-corrected chi connectivity index (χ4v) is 7.94. The van der Waals surface area contributed by atoms with Crippen molar-refractivity contribution >= 4 is 73.7 Å². The molecule has 2 aliphatic rings. The first-order valence-corrected chi connectivity index (χ1v) is 14.9. The highest BCUT2D eigenvalue weighted by Crippen LogP contribution is 2.44. The predicted octanol–water partition coefficient (Wildman–Crippen LogP) is 6.25. The van der Waals surface area contributed by atoms with E-state index in [4.69, 9.17) is 39.5 Å². The van der Waals surface area contributed by atoms with Gasteiger partial charge < -0.3 is 10.1 Å². The molecule has 2 aromatic carbocycles. The maximum absolute atomic E-state index is 13.9. The molecule has 2 fully saturated rings. The van der Waals surface area contributed by atoms with E-state index in [-0.39, 0.29) is 54.8 Å². The monoisotopic (exact) mass is 594 g/mol. The number of halogens is 3. The summed E-state index contributed by atoms with van der Waals surface area (Å²) in [6, 6.07) is 10.5. The number of carbonyl (C=O) groups is 2. The summed E-state index contributed by atoms with van der Waals surface area (Å²) < 4.78 is 33.9. The van der Waals surface area contributed by atoms with Crippen molar-refractivity contribution in [3.05, 3.63) is 68.8 Å². The molecule has 0 spiro atoms. The van der Waals surface area contributed by atoms with Crippen molar-refractivity contribution in [1.82, 2.24) is 9.29 Å². The van der Waals surface area contributed by atoms with E-state index in [1.165, 1.54) is 36.8 Å². The molecule has 200 valence electrons. The molecule has 1 heterocycles. The van der Waals surface area contributed by atoms with Crippen LogP contribution >= 0.6 is 34.8 Å². The summed E-state index contributed by atoms with van der Waals surface area (Å²) in [5.41, 5.74) is -0.230. The third-order valence-electron chi connectivity index (χ3n) is 7.27. The fraction of sp³-hybridized carbons (Fsp3) is 0.333. The number of ether oxygens (including phenoxy) is 1. The van der Waals surface area contributed by atoms with Gasteiger partial charge in [-0.2, -0.15) is 0 Å². The smallest absolute Gasteiger partial charge is 0.356 e. The molecule has 0 aliphatic heterocycles. The minimum atomic E-state index is -4.33. The van der Waals surface area contributed by atoms with E-state index < -0.39 is 21.9 Å². The van der Waals surface area contributed by atoms with Gasteiger partial charge in [0.15, 0.2) is 5.69 Å². The van der Waals surface area contributed by atoms with Crippen molar-refractivity contribution in [2.45, 2.75) is 43.5 Å². The Bertz CT molecular complexity index is 1570. The number of aromatic nitrogens is 1. The summed E-state index contributed by atoms with van der Waals surface area (Å²) in [5, 5.41) is 3.24. The molecule has 2 saturated carbocycles. The lowest BCUT2D eigenvalue weighted by Gasteiger charge is -2.22. The first kappa shape index (κ1) is 27.1. The van der Waals surface area contributed by atoms with Crippen molar-refractivity contribution in [1.29, 1.82) is 0 Å². The molecule has 1 aromatic heterocycles. The average Bonchev–Trinajstić information content (AvgIpc) is 3.58. The Morgan fingerprint density at radius 1 is 1.13 bits per heavy atom. The zero-order valence-corrected chi connectivity index (χ0v) is 23.5. The number of hydrogen-bond donors (Lipinski definition) is 1. The van der Waals surface area contributed by atoms with Crippen LogP contribution in [0.5, 0.6) is 0 Å². The van der Waals surface area contributed by atoms with Gasteiger partial charge in [0.1, 0.15) is 5.03 Å². The highest BCUT2D eigenvalue weighted by atomic mass is 35.5. The van der Waals surface area contributed by atoms with E-state index in [0.717, 1.165) is 23.2 Å². The Hall–Kier alpha value is -2.52. The molecular formula is C27H25Cl3N2O5S. The minimum Gasteiger partial charge on any atom is -0.461 e. The topological polar surface area (TPSA) is 94.5 Å². The van der Waals surface area contributed by atoms with Gasteiger partial charge >= 0.3 is 5.97 Å². The predicted molar refractivity (Wildman–Crippen MR) is 148 cm³/mol. The Morgan fingerprint density at radius 3 is 2.50 bits per heavy atom. The van der Waals surface area contributed by atoms with Crippen LogP contribution in [0.1, 0.15) is 48.7 Å². The van der Waals surface area contributed by atoms with Crippen LogP contribution in [0.2, 0.25) is 10.0 Å².